The van der Waals surface area contributed by atoms with E-state index in [2.05, 4.69) is 10.3 Å². The number of hydrogen-bond donors (Lipinski definition) is 1. The first-order chi connectivity index (χ1) is 8.61. The van der Waals surface area contributed by atoms with E-state index in [0.717, 1.165) is 0 Å². The normalized spacial score (nSPS) is 10.4. The Morgan fingerprint density at radius 2 is 2.17 bits per heavy atom. The van der Waals surface area contributed by atoms with Crippen molar-refractivity contribution in [2.75, 3.05) is 5.32 Å². The van der Waals surface area contributed by atoms with Crippen molar-refractivity contribution in [2.45, 2.75) is 5.88 Å². The van der Waals surface area contributed by atoms with Crippen LogP contribution in [-0.2, 0) is 5.88 Å². The fourth-order valence-electron chi connectivity index (χ4n) is 1.27. The van der Waals surface area contributed by atoms with Crippen LogP contribution in [0.2, 0.25) is 10.0 Å². The molecule has 2 rings (SSSR count). The second-order valence-corrected chi connectivity index (χ2v) is 5.24. The summed E-state index contributed by atoms with van der Waals surface area (Å²) in [5.41, 5.74) is 1.03. The molecule has 1 heterocycles. The number of amides is 1. The third kappa shape index (κ3) is 2.95. The number of halogens is 3. The Morgan fingerprint density at radius 3 is 2.83 bits per heavy atom. The van der Waals surface area contributed by atoms with E-state index in [1.165, 1.54) is 11.3 Å². The number of alkyl halides is 1. The number of aromatic nitrogens is 1. The van der Waals surface area contributed by atoms with E-state index in [1.54, 1.807) is 23.6 Å². The highest BCUT2D eigenvalue weighted by atomic mass is 35.5. The number of hydrogen-bond acceptors (Lipinski definition) is 3. The first kappa shape index (κ1) is 13.6. The van der Waals surface area contributed by atoms with E-state index < -0.39 is 0 Å². The minimum atomic E-state index is -0.349. The Bertz CT molecular complexity index is 585. The first-order valence-electron chi connectivity index (χ1n) is 4.87. The summed E-state index contributed by atoms with van der Waals surface area (Å²) in [7, 11) is 0. The maximum Gasteiger partial charge on any atom is 0.259 e. The molecule has 1 aromatic heterocycles. The standard InChI is InChI=1S/C11H7Cl3N2OS/c12-4-6-5-18-11(15-6)16-10(17)7-2-1-3-8(13)9(7)14/h1-3,5H,4H2,(H,15,16,17). The lowest BCUT2D eigenvalue weighted by molar-refractivity contribution is 0.102. The number of carbonyl (C=O) groups is 1. The molecule has 0 aliphatic heterocycles. The number of carbonyl (C=O) groups excluding carboxylic acids is 1. The van der Waals surface area contributed by atoms with Crippen LogP contribution in [0.25, 0.3) is 0 Å². The maximum absolute atomic E-state index is 12.0. The minimum absolute atomic E-state index is 0.228. The zero-order valence-electron chi connectivity index (χ0n) is 8.91. The molecule has 3 nitrogen and oxygen atoms in total. The summed E-state index contributed by atoms with van der Waals surface area (Å²) in [6, 6.07) is 4.88. The van der Waals surface area contributed by atoms with Gasteiger partial charge in [-0.05, 0) is 12.1 Å². The molecular weight excluding hydrogens is 315 g/mol. The summed E-state index contributed by atoms with van der Waals surface area (Å²) in [6.07, 6.45) is 0. The van der Waals surface area contributed by atoms with E-state index in [0.29, 0.717) is 27.3 Å². The molecule has 0 atom stereocenters. The fraction of sp³-hybridized carbons (Fsp3) is 0.0909. The quantitative estimate of drug-likeness (QED) is 0.849. The van der Waals surface area contributed by atoms with Crippen LogP contribution in [0, 0.1) is 0 Å². The maximum atomic E-state index is 12.0. The van der Waals surface area contributed by atoms with Crippen molar-refractivity contribution in [3.8, 4) is 0 Å². The van der Waals surface area contributed by atoms with Crippen molar-refractivity contribution >= 4 is 57.2 Å². The largest absolute Gasteiger partial charge is 0.298 e. The lowest BCUT2D eigenvalue weighted by Gasteiger charge is -2.04. The zero-order chi connectivity index (χ0) is 13.1. The zero-order valence-corrected chi connectivity index (χ0v) is 12.0. The van der Waals surface area contributed by atoms with Crippen molar-refractivity contribution in [2.24, 2.45) is 0 Å². The summed E-state index contributed by atoms with van der Waals surface area (Å²) in [5.74, 6) is -0.0393. The van der Waals surface area contributed by atoms with Crippen LogP contribution in [0.3, 0.4) is 0 Å². The van der Waals surface area contributed by atoms with Crippen LogP contribution in [0.15, 0.2) is 23.6 Å². The monoisotopic (exact) mass is 320 g/mol. The smallest absolute Gasteiger partial charge is 0.259 e. The molecule has 0 fully saturated rings. The highest BCUT2D eigenvalue weighted by Crippen LogP contribution is 2.26. The molecule has 94 valence electrons. The van der Waals surface area contributed by atoms with Gasteiger partial charge in [0.15, 0.2) is 5.13 Å². The van der Waals surface area contributed by atoms with Crippen LogP contribution in [0.4, 0.5) is 5.13 Å². The van der Waals surface area contributed by atoms with Crippen LogP contribution < -0.4 is 5.32 Å². The molecule has 0 aliphatic carbocycles. The predicted octanol–water partition coefficient (Wildman–Crippen LogP) is 4.44. The molecule has 7 heteroatoms. The average Bonchev–Trinajstić information content (AvgIpc) is 2.80. The average molecular weight is 322 g/mol. The van der Waals surface area contributed by atoms with Crippen molar-refractivity contribution in [3.05, 3.63) is 44.9 Å². The van der Waals surface area contributed by atoms with E-state index in [9.17, 15) is 4.79 Å². The fourth-order valence-corrected chi connectivity index (χ4v) is 2.59. The van der Waals surface area contributed by atoms with Gasteiger partial charge in [-0.3, -0.25) is 10.1 Å². The summed E-state index contributed by atoms with van der Waals surface area (Å²) < 4.78 is 0. The lowest BCUT2D eigenvalue weighted by Crippen LogP contribution is -2.12. The summed E-state index contributed by atoms with van der Waals surface area (Å²) in [4.78, 5) is 16.1. The molecule has 0 unspecified atom stereocenters. The van der Waals surface area contributed by atoms with Gasteiger partial charge in [0, 0.05) is 5.38 Å². The topological polar surface area (TPSA) is 42.0 Å². The third-order valence-corrected chi connectivity index (χ3v) is 4.00. The molecule has 0 aliphatic rings. The molecule has 1 N–H and O–H groups in total. The molecule has 1 amide bonds. The van der Waals surface area contributed by atoms with Crippen molar-refractivity contribution in [3.63, 3.8) is 0 Å². The first-order valence-corrected chi connectivity index (χ1v) is 7.04. The van der Waals surface area contributed by atoms with Crippen LogP contribution in [0.5, 0.6) is 0 Å². The van der Waals surface area contributed by atoms with E-state index in [1.807, 2.05) is 0 Å². The Balaban J connectivity index is 2.19. The van der Waals surface area contributed by atoms with Crippen LogP contribution in [0.1, 0.15) is 16.1 Å². The SMILES string of the molecule is O=C(Nc1nc(CCl)cs1)c1cccc(Cl)c1Cl. The number of rotatable bonds is 3. The van der Waals surface area contributed by atoms with Gasteiger partial charge in [0.2, 0.25) is 0 Å². The Labute approximate surface area is 123 Å². The van der Waals surface area contributed by atoms with Gasteiger partial charge in [-0.15, -0.1) is 22.9 Å². The van der Waals surface area contributed by atoms with E-state index >= 15 is 0 Å². The highest BCUT2D eigenvalue weighted by molar-refractivity contribution is 7.14. The van der Waals surface area contributed by atoms with Gasteiger partial charge in [-0.1, -0.05) is 29.3 Å². The van der Waals surface area contributed by atoms with Gasteiger partial charge in [0.25, 0.3) is 5.91 Å². The van der Waals surface area contributed by atoms with Crippen molar-refractivity contribution in [1.29, 1.82) is 0 Å². The van der Waals surface area contributed by atoms with Crippen LogP contribution in [-0.4, -0.2) is 10.9 Å². The van der Waals surface area contributed by atoms with Gasteiger partial charge < -0.3 is 0 Å². The molecule has 18 heavy (non-hydrogen) atoms. The molecular formula is C11H7Cl3N2OS. The summed E-state index contributed by atoms with van der Waals surface area (Å²) in [6.45, 7) is 0. The van der Waals surface area contributed by atoms with Gasteiger partial charge >= 0.3 is 0 Å². The van der Waals surface area contributed by atoms with Gasteiger partial charge in [0.1, 0.15) is 0 Å². The molecule has 0 saturated carbocycles. The number of nitrogens with zero attached hydrogens (tertiary/aromatic N) is 1. The molecule has 0 radical (unpaired) electrons. The Kier molecular flexibility index (Phi) is 4.45. The molecule has 2 aromatic rings. The van der Waals surface area contributed by atoms with Gasteiger partial charge in [-0.25, -0.2) is 4.98 Å². The minimum Gasteiger partial charge on any atom is -0.298 e. The molecule has 0 bridgehead atoms. The third-order valence-electron chi connectivity index (χ3n) is 2.11. The van der Waals surface area contributed by atoms with E-state index in [4.69, 9.17) is 34.8 Å². The number of anilines is 1. The highest BCUT2D eigenvalue weighted by Gasteiger charge is 2.14. The van der Waals surface area contributed by atoms with Gasteiger partial charge in [-0.2, -0.15) is 0 Å². The summed E-state index contributed by atoms with van der Waals surface area (Å²) >= 11 is 18.7. The number of nitrogens with one attached hydrogen (secondary N) is 1. The van der Waals surface area contributed by atoms with Gasteiger partial charge in [0.05, 0.1) is 27.2 Å². The Hall–Kier alpha value is -0.810. The number of benzene rings is 1. The van der Waals surface area contributed by atoms with E-state index in [-0.39, 0.29) is 10.9 Å². The predicted molar refractivity (Wildman–Crippen MR) is 76.1 cm³/mol. The second kappa shape index (κ2) is 5.89. The van der Waals surface area contributed by atoms with Crippen molar-refractivity contribution < 1.29 is 4.79 Å². The lowest BCUT2D eigenvalue weighted by atomic mass is 10.2. The second-order valence-electron chi connectivity index (χ2n) is 3.33. The molecule has 1 aromatic carbocycles. The molecule has 0 saturated heterocycles. The van der Waals surface area contributed by atoms with Crippen molar-refractivity contribution in [1.82, 2.24) is 4.98 Å². The summed E-state index contributed by atoms with van der Waals surface area (Å²) in [5, 5.41) is 5.47. The molecule has 0 spiro atoms. The van der Waals surface area contributed by atoms with Crippen LogP contribution >= 0.6 is 46.1 Å². The Morgan fingerprint density at radius 1 is 1.39 bits per heavy atom. The number of thiazole rings is 1.